The summed E-state index contributed by atoms with van der Waals surface area (Å²) in [6, 6.07) is 15.8. The monoisotopic (exact) mass is 431 g/mol. The molecule has 0 spiro atoms. The predicted octanol–water partition coefficient (Wildman–Crippen LogP) is 5.56. The second-order valence-electron chi connectivity index (χ2n) is 8.12. The first-order valence-corrected chi connectivity index (χ1v) is 11.2. The molecule has 0 saturated heterocycles. The highest BCUT2D eigenvalue weighted by atomic mass is 32.1. The van der Waals surface area contributed by atoms with Gasteiger partial charge in [0.15, 0.2) is 0 Å². The summed E-state index contributed by atoms with van der Waals surface area (Å²) < 4.78 is 7.80. The quantitative estimate of drug-likeness (QED) is 0.340. The lowest BCUT2D eigenvalue weighted by Gasteiger charge is -2.20. The normalized spacial score (nSPS) is 13.9. The minimum atomic E-state index is 0.396. The van der Waals surface area contributed by atoms with Crippen molar-refractivity contribution in [2.45, 2.75) is 32.9 Å². The van der Waals surface area contributed by atoms with Crippen molar-refractivity contribution in [1.29, 1.82) is 0 Å². The average Bonchev–Trinajstić information content (AvgIpc) is 3.54. The number of para-hydroxylation sites is 1. The van der Waals surface area contributed by atoms with E-state index in [4.69, 9.17) is 26.7 Å². The molecule has 1 aromatic carbocycles. The van der Waals surface area contributed by atoms with Crippen LogP contribution in [0.25, 0.3) is 33.7 Å². The molecule has 1 saturated carbocycles. The van der Waals surface area contributed by atoms with Crippen molar-refractivity contribution in [3.8, 4) is 22.8 Å². The molecule has 6 nitrogen and oxygen atoms in total. The van der Waals surface area contributed by atoms with Crippen LogP contribution in [0, 0.1) is 10.8 Å². The number of hydrogen-bond acceptors (Lipinski definition) is 6. The number of benzene rings is 1. The van der Waals surface area contributed by atoms with E-state index < -0.39 is 0 Å². The number of aromatic nitrogens is 4. The Hall–Kier alpha value is -2.90. The maximum Gasteiger partial charge on any atom is 0.288 e. The number of pyridine rings is 2. The zero-order valence-electron chi connectivity index (χ0n) is 17.6. The van der Waals surface area contributed by atoms with Crippen molar-refractivity contribution in [2.75, 3.05) is 13.1 Å². The summed E-state index contributed by atoms with van der Waals surface area (Å²) in [6.07, 6.45) is 5.53. The smallest absolute Gasteiger partial charge is 0.288 e. The molecule has 0 aliphatic heterocycles. The van der Waals surface area contributed by atoms with Crippen molar-refractivity contribution in [3.63, 3.8) is 0 Å². The van der Waals surface area contributed by atoms with Gasteiger partial charge in [-0.15, -0.1) is 5.10 Å². The Morgan fingerprint density at radius 3 is 2.74 bits per heavy atom. The maximum absolute atomic E-state index is 5.99. The van der Waals surface area contributed by atoms with Crippen LogP contribution in [0.5, 0.6) is 0 Å². The van der Waals surface area contributed by atoms with Gasteiger partial charge in [-0.3, -0.25) is 9.88 Å². The Balaban J connectivity index is 1.54. The topological polar surface area (TPSA) is 60.0 Å². The summed E-state index contributed by atoms with van der Waals surface area (Å²) in [7, 11) is 0. The van der Waals surface area contributed by atoms with Crippen LogP contribution in [0.2, 0.25) is 0 Å². The third kappa shape index (κ3) is 4.43. The molecule has 3 heterocycles. The summed E-state index contributed by atoms with van der Waals surface area (Å²) in [4.78, 5) is 12.1. The largest absolute Gasteiger partial charge is 0.409 e. The first-order valence-electron chi connectivity index (χ1n) is 10.8. The van der Waals surface area contributed by atoms with Crippen LogP contribution >= 0.6 is 12.2 Å². The Morgan fingerprint density at radius 2 is 1.97 bits per heavy atom. The van der Waals surface area contributed by atoms with E-state index in [2.05, 4.69) is 16.8 Å². The molecule has 0 unspecified atom stereocenters. The molecular formula is C24H25N5OS. The summed E-state index contributed by atoms with van der Waals surface area (Å²) >= 11 is 5.53. The Labute approximate surface area is 186 Å². The molecule has 0 N–H and O–H groups in total. The molecule has 0 bridgehead atoms. The molecule has 1 fully saturated rings. The number of fused-ring (bicyclic) bond motifs is 1. The first-order chi connectivity index (χ1) is 15.2. The Morgan fingerprint density at radius 1 is 1.13 bits per heavy atom. The third-order valence-electron chi connectivity index (χ3n) is 5.57. The number of rotatable bonds is 8. The molecule has 1 aliphatic rings. The van der Waals surface area contributed by atoms with Gasteiger partial charge in [0.25, 0.3) is 4.84 Å². The van der Waals surface area contributed by atoms with E-state index in [9.17, 15) is 0 Å². The van der Waals surface area contributed by atoms with E-state index >= 15 is 0 Å². The summed E-state index contributed by atoms with van der Waals surface area (Å²) in [6.45, 7) is 4.99. The molecule has 1 aliphatic carbocycles. The van der Waals surface area contributed by atoms with Crippen molar-refractivity contribution in [1.82, 2.24) is 24.6 Å². The van der Waals surface area contributed by atoms with Crippen LogP contribution in [0.15, 0.2) is 59.1 Å². The lowest BCUT2D eigenvalue weighted by Crippen LogP contribution is -2.30. The number of nitrogens with zero attached hydrogens (tertiary/aromatic N) is 5. The highest BCUT2D eigenvalue weighted by molar-refractivity contribution is 7.71. The summed E-state index contributed by atoms with van der Waals surface area (Å²) in [5.41, 5.74) is 3.34. The average molecular weight is 432 g/mol. The fraction of sp³-hybridized carbons (Fsp3) is 0.333. The van der Waals surface area contributed by atoms with Gasteiger partial charge in [-0.1, -0.05) is 31.2 Å². The van der Waals surface area contributed by atoms with E-state index in [1.54, 1.807) is 10.9 Å². The van der Waals surface area contributed by atoms with E-state index in [1.165, 1.54) is 12.8 Å². The molecule has 158 valence electrons. The van der Waals surface area contributed by atoms with Gasteiger partial charge in [-0.2, -0.15) is 0 Å². The minimum Gasteiger partial charge on any atom is -0.409 e. The van der Waals surface area contributed by atoms with Crippen LogP contribution in [-0.2, 0) is 6.67 Å². The molecule has 3 aromatic heterocycles. The second kappa shape index (κ2) is 8.69. The molecule has 0 amide bonds. The lowest BCUT2D eigenvalue weighted by molar-refractivity contribution is 0.195. The second-order valence-corrected chi connectivity index (χ2v) is 8.47. The highest BCUT2D eigenvalue weighted by Gasteiger charge is 2.24. The highest BCUT2D eigenvalue weighted by Crippen LogP contribution is 2.32. The SMILES string of the molecule is CCCN(CC1CC1)Cn1nc(-c2cc(-c3ccccn3)nc3ccccc23)oc1=S. The van der Waals surface area contributed by atoms with Crippen LogP contribution in [-0.4, -0.2) is 37.7 Å². The van der Waals surface area contributed by atoms with E-state index in [0.717, 1.165) is 53.3 Å². The molecule has 31 heavy (non-hydrogen) atoms. The zero-order valence-corrected chi connectivity index (χ0v) is 18.4. The van der Waals surface area contributed by atoms with Crippen LogP contribution in [0.4, 0.5) is 0 Å². The molecule has 5 rings (SSSR count). The maximum atomic E-state index is 5.99. The van der Waals surface area contributed by atoms with Crippen LogP contribution in [0.3, 0.4) is 0 Å². The fourth-order valence-electron chi connectivity index (χ4n) is 3.89. The van der Waals surface area contributed by atoms with Gasteiger partial charge in [0.2, 0.25) is 5.89 Å². The summed E-state index contributed by atoms with van der Waals surface area (Å²) in [5.74, 6) is 1.33. The van der Waals surface area contributed by atoms with Gasteiger partial charge in [-0.05, 0) is 68.2 Å². The van der Waals surface area contributed by atoms with Gasteiger partial charge < -0.3 is 4.42 Å². The van der Waals surface area contributed by atoms with Crippen LogP contribution in [0.1, 0.15) is 26.2 Å². The first kappa shape index (κ1) is 20.0. The molecule has 0 radical (unpaired) electrons. The predicted molar refractivity (Wildman–Crippen MR) is 124 cm³/mol. The van der Waals surface area contributed by atoms with Crippen molar-refractivity contribution < 1.29 is 4.42 Å². The minimum absolute atomic E-state index is 0.396. The lowest BCUT2D eigenvalue weighted by atomic mass is 10.1. The van der Waals surface area contributed by atoms with Gasteiger partial charge in [0, 0.05) is 18.1 Å². The van der Waals surface area contributed by atoms with Crippen molar-refractivity contribution >= 4 is 23.1 Å². The van der Waals surface area contributed by atoms with Gasteiger partial charge in [0.05, 0.1) is 29.1 Å². The van der Waals surface area contributed by atoms with Gasteiger partial charge in [0.1, 0.15) is 0 Å². The molecule has 0 atom stereocenters. The molecule has 7 heteroatoms. The Kier molecular flexibility index (Phi) is 5.61. The van der Waals surface area contributed by atoms with Crippen molar-refractivity contribution in [3.05, 3.63) is 59.6 Å². The molecular weight excluding hydrogens is 406 g/mol. The van der Waals surface area contributed by atoms with Gasteiger partial charge in [-0.25, -0.2) is 9.67 Å². The summed E-state index contributed by atoms with van der Waals surface area (Å²) in [5, 5.41) is 5.75. The number of hydrogen-bond donors (Lipinski definition) is 0. The molecule has 4 aromatic rings. The van der Waals surface area contributed by atoms with Crippen LogP contribution < -0.4 is 0 Å². The van der Waals surface area contributed by atoms with E-state index in [1.807, 2.05) is 48.5 Å². The third-order valence-corrected chi connectivity index (χ3v) is 5.86. The van der Waals surface area contributed by atoms with E-state index in [0.29, 0.717) is 17.4 Å². The van der Waals surface area contributed by atoms with E-state index in [-0.39, 0.29) is 0 Å². The standard InChI is InChI=1S/C24H25N5OS/c1-2-13-28(15-17-10-11-17)16-29-24(31)30-23(27-29)19-14-22(21-9-5-6-12-25-21)26-20-8-4-3-7-18(19)20/h3-9,12,14,17H,2,10-11,13,15-16H2,1H3. The zero-order chi connectivity index (χ0) is 21.2. The Bertz CT molecular complexity index is 1250. The van der Waals surface area contributed by atoms with Crippen molar-refractivity contribution in [2.24, 2.45) is 5.92 Å². The fourth-order valence-corrected chi connectivity index (χ4v) is 4.07. The van der Waals surface area contributed by atoms with Gasteiger partial charge >= 0.3 is 0 Å².